The van der Waals surface area contributed by atoms with E-state index in [2.05, 4.69) is 6.07 Å². The Morgan fingerprint density at radius 3 is 2.29 bits per heavy atom. The van der Waals surface area contributed by atoms with E-state index in [4.69, 9.17) is 4.74 Å². The number of carbonyl (C=O) groups is 1. The topological polar surface area (TPSA) is 63.7 Å². The first-order valence-electron chi connectivity index (χ1n) is 10.2. The minimum atomic E-state index is -3.06. The molecule has 160 valence electrons. The van der Waals surface area contributed by atoms with Crippen molar-refractivity contribution in [1.82, 2.24) is 4.90 Å². The van der Waals surface area contributed by atoms with Gasteiger partial charge in [0.1, 0.15) is 16.4 Å². The normalized spacial score (nSPS) is 13.1. The van der Waals surface area contributed by atoms with Crippen LogP contribution in [0.3, 0.4) is 0 Å². The van der Waals surface area contributed by atoms with E-state index in [1.54, 1.807) is 4.90 Å². The summed E-state index contributed by atoms with van der Waals surface area (Å²) in [6, 6.07) is 23.7. The van der Waals surface area contributed by atoms with Gasteiger partial charge in [0.25, 0.3) is 0 Å². The van der Waals surface area contributed by atoms with Crippen LogP contribution in [0.25, 0.3) is 11.1 Å². The molecule has 4 rings (SSSR count). The molecule has 0 aromatic heterocycles. The average molecular weight is 436 g/mol. The lowest BCUT2D eigenvalue weighted by Gasteiger charge is -2.15. The molecule has 3 aromatic rings. The summed E-state index contributed by atoms with van der Waals surface area (Å²) in [4.78, 5) is 14.4. The standard InChI is InChI=1S/C25H25NO4S/c1-31(28,29)13-12-20-14-22-16-26(25(27)30-18-19-8-4-2-5-9-19)17-24(22)23(15-20)21-10-6-3-7-11-21/h2-11,14-15H,12-13,16-18H2,1H3. The van der Waals surface area contributed by atoms with Crippen LogP contribution >= 0.6 is 0 Å². The smallest absolute Gasteiger partial charge is 0.410 e. The van der Waals surface area contributed by atoms with Gasteiger partial charge in [0, 0.05) is 12.8 Å². The Morgan fingerprint density at radius 2 is 1.61 bits per heavy atom. The maximum absolute atomic E-state index is 12.7. The Labute approximate surface area is 183 Å². The average Bonchev–Trinajstić information content (AvgIpc) is 3.20. The van der Waals surface area contributed by atoms with E-state index in [-0.39, 0.29) is 18.5 Å². The number of aryl methyl sites for hydroxylation is 1. The molecule has 1 aliphatic heterocycles. The van der Waals surface area contributed by atoms with Gasteiger partial charge in [0.2, 0.25) is 0 Å². The van der Waals surface area contributed by atoms with E-state index in [0.717, 1.165) is 33.4 Å². The van der Waals surface area contributed by atoms with Crippen molar-refractivity contribution in [1.29, 1.82) is 0 Å². The number of fused-ring (bicyclic) bond motifs is 1. The van der Waals surface area contributed by atoms with E-state index in [0.29, 0.717) is 19.5 Å². The largest absolute Gasteiger partial charge is 0.445 e. The number of nitrogens with zero attached hydrogens (tertiary/aromatic N) is 1. The van der Waals surface area contributed by atoms with Crippen molar-refractivity contribution in [2.45, 2.75) is 26.1 Å². The quantitative estimate of drug-likeness (QED) is 0.568. The SMILES string of the molecule is CS(=O)(=O)CCc1cc2c(c(-c3ccccc3)c1)CN(C(=O)OCc1ccccc1)C2. The summed E-state index contributed by atoms with van der Waals surface area (Å²) in [5, 5.41) is 0. The summed E-state index contributed by atoms with van der Waals surface area (Å²) < 4.78 is 28.8. The number of ether oxygens (including phenoxy) is 1. The van der Waals surface area contributed by atoms with Gasteiger partial charge in [-0.05, 0) is 39.8 Å². The first kappa shape index (κ1) is 21.1. The van der Waals surface area contributed by atoms with E-state index >= 15 is 0 Å². The summed E-state index contributed by atoms with van der Waals surface area (Å²) in [5.41, 5.74) is 6.13. The first-order valence-corrected chi connectivity index (χ1v) is 12.3. The van der Waals surface area contributed by atoms with E-state index < -0.39 is 9.84 Å². The Hall–Kier alpha value is -3.12. The highest BCUT2D eigenvalue weighted by atomic mass is 32.2. The third-order valence-electron chi connectivity index (χ3n) is 5.42. The molecule has 0 radical (unpaired) electrons. The van der Waals surface area contributed by atoms with Gasteiger partial charge in [-0.3, -0.25) is 4.90 Å². The van der Waals surface area contributed by atoms with Gasteiger partial charge in [-0.15, -0.1) is 0 Å². The summed E-state index contributed by atoms with van der Waals surface area (Å²) in [6.45, 7) is 1.16. The second-order valence-corrected chi connectivity index (χ2v) is 10.2. The molecule has 31 heavy (non-hydrogen) atoms. The van der Waals surface area contributed by atoms with Crippen molar-refractivity contribution in [3.8, 4) is 11.1 Å². The van der Waals surface area contributed by atoms with Crippen molar-refractivity contribution < 1.29 is 17.9 Å². The minimum absolute atomic E-state index is 0.100. The second kappa shape index (κ2) is 8.94. The van der Waals surface area contributed by atoms with Crippen LogP contribution in [-0.4, -0.2) is 31.4 Å². The Kier molecular flexibility index (Phi) is 6.09. The fourth-order valence-electron chi connectivity index (χ4n) is 3.84. The van der Waals surface area contributed by atoms with Crippen LogP contribution < -0.4 is 0 Å². The van der Waals surface area contributed by atoms with Crippen molar-refractivity contribution in [2.24, 2.45) is 0 Å². The molecule has 0 unspecified atom stereocenters. The summed E-state index contributed by atoms with van der Waals surface area (Å²) in [5.74, 6) is 0.100. The molecule has 1 aliphatic rings. The molecule has 0 saturated heterocycles. The molecule has 0 bridgehead atoms. The molecule has 6 heteroatoms. The van der Waals surface area contributed by atoms with Crippen molar-refractivity contribution in [2.75, 3.05) is 12.0 Å². The van der Waals surface area contributed by atoms with Crippen LogP contribution in [-0.2, 0) is 40.7 Å². The van der Waals surface area contributed by atoms with Crippen LogP contribution in [0, 0.1) is 0 Å². The number of rotatable bonds is 6. The highest BCUT2D eigenvalue weighted by Crippen LogP contribution is 2.34. The van der Waals surface area contributed by atoms with Gasteiger partial charge >= 0.3 is 6.09 Å². The summed E-state index contributed by atoms with van der Waals surface area (Å²) in [7, 11) is -3.06. The summed E-state index contributed by atoms with van der Waals surface area (Å²) in [6.07, 6.45) is 1.35. The Balaban J connectivity index is 1.57. The fraction of sp³-hybridized carbons (Fsp3) is 0.240. The molecule has 1 amide bonds. The predicted molar refractivity (Wildman–Crippen MR) is 121 cm³/mol. The number of benzene rings is 3. The number of hydrogen-bond donors (Lipinski definition) is 0. The highest BCUT2D eigenvalue weighted by Gasteiger charge is 2.27. The number of hydrogen-bond acceptors (Lipinski definition) is 4. The maximum atomic E-state index is 12.7. The van der Waals surface area contributed by atoms with Gasteiger partial charge in [-0.1, -0.05) is 72.8 Å². The molecule has 3 aromatic carbocycles. The van der Waals surface area contributed by atoms with E-state index in [1.165, 1.54) is 6.26 Å². The van der Waals surface area contributed by atoms with E-state index in [9.17, 15) is 13.2 Å². The highest BCUT2D eigenvalue weighted by molar-refractivity contribution is 7.90. The van der Waals surface area contributed by atoms with Gasteiger partial charge in [-0.25, -0.2) is 13.2 Å². The second-order valence-electron chi connectivity index (χ2n) is 7.92. The van der Waals surface area contributed by atoms with Crippen LogP contribution in [0.2, 0.25) is 0 Å². The molecule has 0 aliphatic carbocycles. The fourth-order valence-corrected chi connectivity index (χ4v) is 4.45. The Bertz CT molecular complexity index is 1170. The predicted octanol–water partition coefficient (Wildman–Crippen LogP) is 4.59. The molecular weight excluding hydrogens is 410 g/mol. The van der Waals surface area contributed by atoms with Crippen LogP contribution in [0.5, 0.6) is 0 Å². The lowest BCUT2D eigenvalue weighted by molar-refractivity contribution is 0.0955. The third kappa shape index (κ3) is 5.33. The van der Waals surface area contributed by atoms with Crippen LogP contribution in [0.4, 0.5) is 4.79 Å². The summed E-state index contributed by atoms with van der Waals surface area (Å²) >= 11 is 0. The van der Waals surface area contributed by atoms with Gasteiger partial charge in [0.15, 0.2) is 0 Å². The minimum Gasteiger partial charge on any atom is -0.445 e. The van der Waals surface area contributed by atoms with Gasteiger partial charge in [-0.2, -0.15) is 0 Å². The molecule has 0 atom stereocenters. The van der Waals surface area contributed by atoms with Crippen LogP contribution in [0.1, 0.15) is 22.3 Å². The zero-order chi connectivity index (χ0) is 21.8. The molecule has 0 N–H and O–H groups in total. The number of carbonyl (C=O) groups excluding carboxylic acids is 1. The molecule has 0 fully saturated rings. The van der Waals surface area contributed by atoms with Crippen LogP contribution in [0.15, 0.2) is 72.8 Å². The Morgan fingerprint density at radius 1 is 0.935 bits per heavy atom. The molecular formula is C25H25NO4S. The lowest BCUT2D eigenvalue weighted by Crippen LogP contribution is -2.26. The van der Waals surface area contributed by atoms with Crippen molar-refractivity contribution in [3.05, 3.63) is 95.1 Å². The lowest BCUT2D eigenvalue weighted by atomic mass is 9.94. The first-order chi connectivity index (χ1) is 14.9. The molecule has 0 spiro atoms. The third-order valence-corrected chi connectivity index (χ3v) is 6.37. The van der Waals surface area contributed by atoms with Gasteiger partial charge in [0.05, 0.1) is 12.3 Å². The van der Waals surface area contributed by atoms with E-state index in [1.807, 2.05) is 66.7 Å². The maximum Gasteiger partial charge on any atom is 0.410 e. The molecule has 1 heterocycles. The molecule has 5 nitrogen and oxygen atoms in total. The zero-order valence-corrected chi connectivity index (χ0v) is 18.3. The zero-order valence-electron chi connectivity index (χ0n) is 17.5. The number of sulfone groups is 1. The molecule has 0 saturated carbocycles. The van der Waals surface area contributed by atoms with Crippen molar-refractivity contribution >= 4 is 15.9 Å². The van der Waals surface area contributed by atoms with Crippen molar-refractivity contribution in [3.63, 3.8) is 0 Å². The number of amides is 1. The monoisotopic (exact) mass is 435 g/mol. The van der Waals surface area contributed by atoms with Gasteiger partial charge < -0.3 is 4.74 Å².